The van der Waals surface area contributed by atoms with E-state index in [1.165, 1.54) is 105 Å². The van der Waals surface area contributed by atoms with E-state index in [2.05, 4.69) is 137 Å². The zero-order valence-corrected chi connectivity index (χ0v) is 44.3. The van der Waals surface area contributed by atoms with Crippen molar-refractivity contribution in [3.63, 3.8) is 0 Å². The summed E-state index contributed by atoms with van der Waals surface area (Å²) < 4.78 is 12.0. The fourth-order valence-electron chi connectivity index (χ4n) is 11.5. The van der Waals surface area contributed by atoms with Crippen molar-refractivity contribution in [2.24, 2.45) is 23.7 Å². The summed E-state index contributed by atoms with van der Waals surface area (Å²) in [6, 6.07) is 16.8. The fourth-order valence-corrected chi connectivity index (χ4v) is 12.9. The zero-order chi connectivity index (χ0) is 47.3. The summed E-state index contributed by atoms with van der Waals surface area (Å²) >= 11 is 2.21. The number of ether oxygens (including phenoxy) is 2. The van der Waals surface area contributed by atoms with Crippen molar-refractivity contribution < 1.29 is 14.3 Å². The van der Waals surface area contributed by atoms with Gasteiger partial charge in [0.15, 0.2) is 5.78 Å². The van der Waals surface area contributed by atoms with Crippen LogP contribution in [-0.4, -0.2) is 129 Å². The second-order valence-electron chi connectivity index (χ2n) is 24.5. The number of carbonyl (C=O) groups excluding carboxylic acids is 1. The minimum Gasteiger partial charge on any atom is -0.486 e. The number of piperidine rings is 1. The van der Waals surface area contributed by atoms with Crippen LogP contribution in [0.5, 0.6) is 5.75 Å². The van der Waals surface area contributed by atoms with Gasteiger partial charge < -0.3 is 19.4 Å². The summed E-state index contributed by atoms with van der Waals surface area (Å²) in [6.45, 7) is 36.8. The Bertz CT molecular complexity index is 1910. The van der Waals surface area contributed by atoms with Gasteiger partial charge in [0.1, 0.15) is 11.4 Å². The summed E-state index contributed by atoms with van der Waals surface area (Å²) in [4.78, 5) is 26.3. The molecule has 9 aliphatic heterocycles. The van der Waals surface area contributed by atoms with Gasteiger partial charge in [-0.15, -0.1) is 0 Å². The lowest BCUT2D eigenvalue weighted by atomic mass is 9.82. The van der Waals surface area contributed by atoms with Crippen molar-refractivity contribution in [1.29, 1.82) is 0 Å². The Hall–Kier alpha value is -2.40. The number of H-pyrrole nitrogens is 1. The molecule has 0 radical (unpaired) electrons. The lowest BCUT2D eigenvalue weighted by Gasteiger charge is -2.45. The molecule has 1 aromatic heterocycles. The van der Waals surface area contributed by atoms with Crippen molar-refractivity contribution in [3.8, 4) is 5.75 Å². The average molecular weight is 926 g/mol. The molecule has 9 aliphatic rings. The quantitative estimate of drug-likeness (QED) is 0.259. The largest absolute Gasteiger partial charge is 0.486 e. The van der Waals surface area contributed by atoms with Gasteiger partial charge in [0.25, 0.3) is 0 Å². The predicted octanol–water partition coefficient (Wildman–Crippen LogP) is 12.0. The van der Waals surface area contributed by atoms with E-state index in [1.54, 1.807) is 0 Å². The van der Waals surface area contributed by atoms with Gasteiger partial charge in [-0.2, -0.15) is 11.8 Å². The predicted molar refractivity (Wildman–Crippen MR) is 279 cm³/mol. The Morgan fingerprint density at radius 1 is 0.682 bits per heavy atom. The third kappa shape index (κ3) is 13.7. The van der Waals surface area contributed by atoms with Crippen LogP contribution >= 0.6 is 11.8 Å². The molecule has 0 amide bonds. The van der Waals surface area contributed by atoms with Crippen molar-refractivity contribution in [1.82, 2.24) is 24.6 Å². The van der Waals surface area contributed by atoms with Crippen LogP contribution in [-0.2, 0) is 17.7 Å². The van der Waals surface area contributed by atoms with E-state index in [9.17, 15) is 4.79 Å². The van der Waals surface area contributed by atoms with Crippen molar-refractivity contribution >= 4 is 28.4 Å². The van der Waals surface area contributed by atoms with Gasteiger partial charge in [-0.25, -0.2) is 0 Å². The number of nitrogens with one attached hydrogen (secondary N) is 1. The highest BCUT2D eigenvalue weighted by Crippen LogP contribution is 2.40. The second-order valence-corrected chi connectivity index (χ2v) is 25.6. The Kier molecular flexibility index (Phi) is 17.3. The van der Waals surface area contributed by atoms with E-state index in [1.807, 2.05) is 24.3 Å². The number of para-hydroxylation sites is 2. The topological polar surface area (TPSA) is 64.3 Å². The summed E-state index contributed by atoms with van der Waals surface area (Å²) in [5.74, 6) is 7.27. The molecular weight excluding hydrogens is 835 g/mol. The first-order valence-corrected chi connectivity index (χ1v) is 27.5. The summed E-state index contributed by atoms with van der Waals surface area (Å²) in [5.41, 5.74) is 5.67. The normalized spacial score (nSPS) is 26.6. The van der Waals surface area contributed by atoms with Gasteiger partial charge in [-0.3, -0.25) is 19.5 Å². The number of fused-ring (bicyclic) bond motifs is 16. The van der Waals surface area contributed by atoms with E-state index in [4.69, 9.17) is 9.47 Å². The van der Waals surface area contributed by atoms with Crippen molar-refractivity contribution in [2.45, 2.75) is 175 Å². The van der Waals surface area contributed by atoms with E-state index < -0.39 is 0 Å². The van der Waals surface area contributed by atoms with E-state index in [-0.39, 0.29) is 16.9 Å². The number of thioether (sulfide) groups is 1. The number of rotatable bonds is 1. The standard InChI is InChI=1S/C16H21NO2.C15H20N2.C13H25NO.C13H25NS/c1-12(2)17-9-7-16(8-10-17)11-14(18)13-5-3-4-6-15(13)19-16;1-15(2,3)17-9-8-12-11-6-4-5-7-13(11)16-14(12)10-17;2*1-13(2,3)14-7-11-5-4-6-12(8-14)10-15-9-11/h3-6,12H,7-11H2,1-2H3;4-7,16H,8-10H2,1-3H3;2*11-12H,4-10H2,1-3H3. The molecule has 4 bridgehead atoms. The number of ketones is 1. The van der Waals surface area contributed by atoms with Gasteiger partial charge in [0.05, 0.1) is 25.2 Å². The number of hydrogen-bond acceptors (Lipinski definition) is 8. The molecule has 12 rings (SSSR count). The Balaban J connectivity index is 0.000000132. The maximum absolute atomic E-state index is 12.3. The minimum atomic E-state index is -0.253. The van der Waals surface area contributed by atoms with Crippen LogP contribution in [0.15, 0.2) is 48.5 Å². The monoisotopic (exact) mass is 926 g/mol. The molecule has 10 heterocycles. The second kappa shape index (κ2) is 22.1. The summed E-state index contributed by atoms with van der Waals surface area (Å²) in [5, 5.41) is 1.41. The molecule has 8 nitrogen and oxygen atoms in total. The molecule has 66 heavy (non-hydrogen) atoms. The lowest BCUT2D eigenvalue weighted by molar-refractivity contribution is -0.0259. The molecule has 7 saturated heterocycles. The number of carbonyl (C=O) groups is 1. The highest BCUT2D eigenvalue weighted by Gasteiger charge is 2.43. The SMILES string of the molecule is CC(C)(C)N1CC2CCCC(COC2)C1.CC(C)(C)N1CC2CCCC(CSC2)C1.CC(C)(C)N1CCc2c([nH]c3ccccc23)C1.CC(C)N1CCC2(CC1)CC(=O)c1ccccc1O2. The first kappa shape index (κ1) is 51.5. The minimum absolute atomic E-state index is 0.236. The van der Waals surface area contributed by atoms with Crippen molar-refractivity contribution in [2.75, 3.05) is 70.5 Å². The zero-order valence-electron chi connectivity index (χ0n) is 43.5. The van der Waals surface area contributed by atoms with Gasteiger partial charge >= 0.3 is 0 Å². The molecule has 2 aromatic carbocycles. The first-order valence-electron chi connectivity index (χ1n) is 26.3. The molecule has 9 heteroatoms. The van der Waals surface area contributed by atoms with E-state index in [0.29, 0.717) is 23.5 Å². The number of likely N-dealkylation sites (tertiary alicyclic amines) is 1. The number of nitrogens with zero attached hydrogens (tertiary/aromatic N) is 4. The van der Waals surface area contributed by atoms with Crippen LogP contribution in [0, 0.1) is 23.7 Å². The number of benzene rings is 2. The maximum atomic E-state index is 12.3. The molecule has 4 atom stereocenters. The van der Waals surface area contributed by atoms with E-state index in [0.717, 1.165) is 87.1 Å². The van der Waals surface area contributed by atoms with Crippen LogP contribution in [0.2, 0.25) is 0 Å². The number of hydrogen-bond donors (Lipinski definition) is 1. The van der Waals surface area contributed by atoms with Gasteiger partial charge in [-0.05, 0) is 167 Å². The third-order valence-electron chi connectivity index (χ3n) is 15.9. The molecule has 3 aromatic rings. The Morgan fingerprint density at radius 3 is 1.79 bits per heavy atom. The van der Waals surface area contributed by atoms with Crippen LogP contribution in [0.25, 0.3) is 10.9 Å². The van der Waals surface area contributed by atoms with Crippen molar-refractivity contribution in [3.05, 3.63) is 65.4 Å². The summed E-state index contributed by atoms with van der Waals surface area (Å²) in [6.07, 6.45) is 12.2. The molecular formula is C57H91N5O3S. The van der Waals surface area contributed by atoms with E-state index >= 15 is 0 Å². The Labute approximate surface area is 406 Å². The van der Waals surface area contributed by atoms with Crippen LogP contribution < -0.4 is 4.74 Å². The average Bonchev–Trinajstić information content (AvgIpc) is 3.57. The van der Waals surface area contributed by atoms with Gasteiger partial charge in [0, 0.05) is 104 Å². The smallest absolute Gasteiger partial charge is 0.170 e. The first-order chi connectivity index (χ1) is 31.3. The van der Waals surface area contributed by atoms with Crippen LogP contribution in [0.3, 0.4) is 0 Å². The molecule has 4 unspecified atom stereocenters. The summed E-state index contributed by atoms with van der Waals surface area (Å²) in [7, 11) is 0. The molecule has 368 valence electrons. The third-order valence-corrected chi connectivity index (χ3v) is 17.4. The molecule has 0 aliphatic carbocycles. The Morgan fingerprint density at radius 2 is 1.21 bits per heavy atom. The fraction of sp³-hybridized carbons (Fsp3) is 0.737. The highest BCUT2D eigenvalue weighted by atomic mass is 32.2. The molecule has 0 saturated carbocycles. The number of aromatic nitrogens is 1. The molecule has 1 spiro atoms. The lowest BCUT2D eigenvalue weighted by Crippen LogP contribution is -2.52. The van der Waals surface area contributed by atoms with Crippen LogP contribution in [0.4, 0.5) is 0 Å². The molecule has 7 fully saturated rings. The number of Topliss-reactive ketones (excluding diaryl/α,β-unsaturated/α-hetero) is 1. The van der Waals surface area contributed by atoms with Crippen LogP contribution in [0.1, 0.15) is 156 Å². The number of aromatic amines is 1. The van der Waals surface area contributed by atoms with Gasteiger partial charge in [-0.1, -0.05) is 43.2 Å². The molecule has 1 N–H and O–H groups in total. The van der Waals surface area contributed by atoms with Gasteiger partial charge in [0.2, 0.25) is 0 Å². The highest BCUT2D eigenvalue weighted by molar-refractivity contribution is 7.99. The maximum Gasteiger partial charge on any atom is 0.170 e.